The molecule has 5 nitrogen and oxygen atoms in total. The summed E-state index contributed by atoms with van der Waals surface area (Å²) in [4.78, 5) is 25.5. The molecule has 0 aliphatic rings. The Labute approximate surface area is 420 Å². The number of ether oxygens (including phenoxy) is 3. The first-order chi connectivity index (χ1) is 33.6. The Hall–Kier alpha value is -3.70. The molecule has 1 atom stereocenters. The molecule has 68 heavy (non-hydrogen) atoms. The monoisotopic (exact) mass is 941 g/mol. The van der Waals surface area contributed by atoms with Crippen LogP contribution in [-0.4, -0.2) is 37.9 Å². The first kappa shape index (κ1) is 64.3. The van der Waals surface area contributed by atoms with E-state index < -0.39 is 6.10 Å². The third-order valence-corrected chi connectivity index (χ3v) is 11.5. The molecule has 0 N–H and O–H groups in total. The maximum Gasteiger partial charge on any atom is 0.306 e. The van der Waals surface area contributed by atoms with Crippen molar-refractivity contribution in [2.24, 2.45) is 0 Å². The summed E-state index contributed by atoms with van der Waals surface area (Å²) in [5.41, 5.74) is 0. The van der Waals surface area contributed by atoms with Gasteiger partial charge in [-0.05, 0) is 103 Å². The summed E-state index contributed by atoms with van der Waals surface area (Å²) in [6.45, 7) is 7.45. The number of esters is 2. The number of carbonyl (C=O) groups is 2. The van der Waals surface area contributed by atoms with Gasteiger partial charge in [-0.25, -0.2) is 0 Å². The molecule has 0 heterocycles. The van der Waals surface area contributed by atoms with Crippen LogP contribution in [0.5, 0.6) is 0 Å². The molecule has 0 spiro atoms. The van der Waals surface area contributed by atoms with Gasteiger partial charge in [-0.3, -0.25) is 9.59 Å². The van der Waals surface area contributed by atoms with E-state index in [1.165, 1.54) is 89.9 Å². The van der Waals surface area contributed by atoms with E-state index in [1.807, 2.05) is 0 Å². The highest BCUT2D eigenvalue weighted by atomic mass is 16.6. The van der Waals surface area contributed by atoms with Gasteiger partial charge < -0.3 is 14.2 Å². The van der Waals surface area contributed by atoms with E-state index in [0.29, 0.717) is 19.4 Å². The van der Waals surface area contributed by atoms with Gasteiger partial charge in [0.1, 0.15) is 6.61 Å². The molecule has 0 aliphatic heterocycles. The lowest BCUT2D eigenvalue weighted by Crippen LogP contribution is -2.30. The van der Waals surface area contributed by atoms with Crippen LogP contribution in [0.4, 0.5) is 0 Å². The molecule has 0 aromatic heterocycles. The molecule has 0 rings (SSSR count). The average Bonchev–Trinajstić information content (AvgIpc) is 3.34. The second-order valence-electron chi connectivity index (χ2n) is 18.1. The van der Waals surface area contributed by atoms with E-state index in [-0.39, 0.29) is 25.2 Å². The van der Waals surface area contributed by atoms with Gasteiger partial charge >= 0.3 is 11.9 Å². The minimum atomic E-state index is -0.589. The summed E-state index contributed by atoms with van der Waals surface area (Å²) in [5, 5.41) is 0. The maximum atomic E-state index is 12.9. The van der Waals surface area contributed by atoms with Gasteiger partial charge in [0.2, 0.25) is 0 Å². The van der Waals surface area contributed by atoms with Crippen LogP contribution in [0, 0.1) is 0 Å². The molecule has 0 aromatic carbocycles. The second-order valence-corrected chi connectivity index (χ2v) is 18.1. The van der Waals surface area contributed by atoms with E-state index in [1.54, 1.807) is 0 Å². The molecule has 0 amide bonds. The van der Waals surface area contributed by atoms with Crippen molar-refractivity contribution in [3.8, 4) is 0 Å². The average molecular weight is 942 g/mol. The number of allylic oxidation sites excluding steroid dienone is 20. The van der Waals surface area contributed by atoms with Crippen LogP contribution in [0.2, 0.25) is 0 Å². The van der Waals surface area contributed by atoms with Crippen molar-refractivity contribution in [2.75, 3.05) is 19.8 Å². The van der Waals surface area contributed by atoms with Crippen molar-refractivity contribution in [2.45, 2.75) is 245 Å². The minimum absolute atomic E-state index is 0.0331. The van der Waals surface area contributed by atoms with Crippen molar-refractivity contribution >= 4 is 11.9 Å². The second kappa shape index (κ2) is 57.6. The van der Waals surface area contributed by atoms with E-state index in [9.17, 15) is 9.59 Å². The van der Waals surface area contributed by atoms with Gasteiger partial charge in [0.25, 0.3) is 0 Å². The standard InChI is InChI=1S/C63H104O5/c1-4-7-10-13-16-19-22-25-28-31-34-37-40-43-46-49-52-55-58-66-59-61(68-63(65)57-54-51-48-45-42-39-36-33-30-27-24-21-18-15-12-9-6-3)60-67-62(64)56-53-50-47-44-41-38-35-32-29-26-23-20-17-14-11-8-5-2/h7-8,10-11,16-17,19-20,25-26,28-29,34-35,37-38,43-44,46-47,61H,4-6,9,12-15,18,21-24,27,30-33,36,39-42,45,48-60H2,1-3H3/b10-7-,11-8-,19-16-,20-17-,28-25-,29-26-,37-34-,38-35-,46-43-,47-44-. The van der Waals surface area contributed by atoms with Crippen LogP contribution in [0.15, 0.2) is 122 Å². The van der Waals surface area contributed by atoms with E-state index in [2.05, 4.69) is 142 Å². The van der Waals surface area contributed by atoms with Gasteiger partial charge in [-0.15, -0.1) is 0 Å². The third kappa shape index (κ3) is 54.9. The lowest BCUT2D eigenvalue weighted by atomic mass is 10.0. The zero-order valence-corrected chi connectivity index (χ0v) is 44.3. The number of hydrogen-bond acceptors (Lipinski definition) is 5. The molecule has 0 radical (unpaired) electrons. The van der Waals surface area contributed by atoms with Crippen LogP contribution in [0.1, 0.15) is 239 Å². The Bertz CT molecular complexity index is 1390. The van der Waals surface area contributed by atoms with Crippen molar-refractivity contribution in [1.82, 2.24) is 0 Å². The fourth-order valence-electron chi connectivity index (χ4n) is 7.40. The quantitative estimate of drug-likeness (QED) is 0.0345. The highest BCUT2D eigenvalue weighted by Crippen LogP contribution is 2.15. The van der Waals surface area contributed by atoms with Crippen LogP contribution >= 0.6 is 0 Å². The first-order valence-electron chi connectivity index (χ1n) is 28.1. The van der Waals surface area contributed by atoms with Gasteiger partial charge in [0.15, 0.2) is 6.10 Å². The number of unbranched alkanes of at least 4 members (excludes halogenated alkanes) is 19. The zero-order valence-electron chi connectivity index (χ0n) is 44.3. The largest absolute Gasteiger partial charge is 0.462 e. The van der Waals surface area contributed by atoms with Crippen LogP contribution in [0.25, 0.3) is 0 Å². The van der Waals surface area contributed by atoms with Gasteiger partial charge in [-0.2, -0.15) is 0 Å². The smallest absolute Gasteiger partial charge is 0.306 e. The van der Waals surface area contributed by atoms with Crippen LogP contribution < -0.4 is 0 Å². The molecule has 0 saturated carbocycles. The summed E-state index contributed by atoms with van der Waals surface area (Å²) >= 11 is 0. The van der Waals surface area contributed by atoms with Crippen LogP contribution in [0.3, 0.4) is 0 Å². The van der Waals surface area contributed by atoms with E-state index in [0.717, 1.165) is 116 Å². The van der Waals surface area contributed by atoms with E-state index >= 15 is 0 Å². The highest BCUT2D eigenvalue weighted by molar-refractivity contribution is 5.70. The number of carbonyl (C=O) groups excluding carboxylic acids is 2. The maximum absolute atomic E-state index is 12.9. The fraction of sp³-hybridized carbons (Fsp3) is 0.651. The topological polar surface area (TPSA) is 61.8 Å². The lowest BCUT2D eigenvalue weighted by Gasteiger charge is -2.18. The summed E-state index contributed by atoms with van der Waals surface area (Å²) in [6, 6.07) is 0. The molecule has 0 fully saturated rings. The molecular formula is C63H104O5. The summed E-state index contributed by atoms with van der Waals surface area (Å²) in [7, 11) is 0. The molecular weight excluding hydrogens is 837 g/mol. The normalized spacial score (nSPS) is 13.2. The molecule has 0 aliphatic carbocycles. The highest BCUT2D eigenvalue weighted by Gasteiger charge is 2.17. The number of rotatable bonds is 50. The zero-order chi connectivity index (χ0) is 49.2. The molecule has 0 bridgehead atoms. The molecule has 5 heteroatoms. The van der Waals surface area contributed by atoms with Gasteiger partial charge in [0, 0.05) is 19.4 Å². The Kier molecular flexibility index (Phi) is 54.5. The minimum Gasteiger partial charge on any atom is -0.462 e. The van der Waals surface area contributed by atoms with E-state index in [4.69, 9.17) is 14.2 Å². The molecule has 1 unspecified atom stereocenters. The molecule has 0 saturated heterocycles. The third-order valence-electron chi connectivity index (χ3n) is 11.5. The van der Waals surface area contributed by atoms with Crippen molar-refractivity contribution < 1.29 is 23.8 Å². The van der Waals surface area contributed by atoms with Gasteiger partial charge in [-0.1, -0.05) is 245 Å². The van der Waals surface area contributed by atoms with Crippen molar-refractivity contribution in [3.63, 3.8) is 0 Å². The van der Waals surface area contributed by atoms with Crippen molar-refractivity contribution in [1.29, 1.82) is 0 Å². The Morgan fingerprint density at radius 2 is 0.676 bits per heavy atom. The van der Waals surface area contributed by atoms with Gasteiger partial charge in [0.05, 0.1) is 6.61 Å². The summed E-state index contributed by atoms with van der Waals surface area (Å²) in [6.07, 6.45) is 80.9. The molecule has 0 aromatic rings. The van der Waals surface area contributed by atoms with Crippen LogP contribution in [-0.2, 0) is 23.8 Å². The predicted octanol–water partition coefficient (Wildman–Crippen LogP) is 19.3. The Morgan fingerprint density at radius 3 is 1.07 bits per heavy atom. The SMILES string of the molecule is CC/C=C\C/C=C\C/C=C\C/C=C\C/C=C\CCCCOCC(COC(=O)CCC/C=C\C/C=C\C/C=C\C/C=C\C/C=C\CC)OC(=O)CCCCCCCCCCCCCCCCCCC. The summed E-state index contributed by atoms with van der Waals surface area (Å²) < 4.78 is 17.4. The first-order valence-corrected chi connectivity index (χ1v) is 28.1. The predicted molar refractivity (Wildman–Crippen MR) is 297 cm³/mol. The Balaban J connectivity index is 4.45. The lowest BCUT2D eigenvalue weighted by molar-refractivity contribution is -0.163. The summed E-state index contributed by atoms with van der Waals surface area (Å²) in [5.74, 6) is -0.490. The van der Waals surface area contributed by atoms with Crippen molar-refractivity contribution in [3.05, 3.63) is 122 Å². The number of hydrogen-bond donors (Lipinski definition) is 0. The molecule has 386 valence electrons. The fourth-order valence-corrected chi connectivity index (χ4v) is 7.40. The Morgan fingerprint density at radius 1 is 0.338 bits per heavy atom.